The molecule has 0 radical (unpaired) electrons. The van der Waals surface area contributed by atoms with Gasteiger partial charge in [0, 0.05) is 26.0 Å². The summed E-state index contributed by atoms with van der Waals surface area (Å²) >= 11 is 2.07. The third kappa shape index (κ3) is 3.30. The smallest absolute Gasteiger partial charge is 0.125 e. The van der Waals surface area contributed by atoms with Crippen LogP contribution in [0, 0.1) is 5.92 Å². The summed E-state index contributed by atoms with van der Waals surface area (Å²) in [4.78, 5) is 4.60. The van der Waals surface area contributed by atoms with Gasteiger partial charge in [0.15, 0.2) is 0 Å². The molecule has 0 saturated carbocycles. The highest BCUT2D eigenvalue weighted by Crippen LogP contribution is 2.43. The van der Waals surface area contributed by atoms with E-state index < -0.39 is 0 Å². The molecule has 1 N–H and O–H groups in total. The highest BCUT2D eigenvalue weighted by molar-refractivity contribution is 7.99. The van der Waals surface area contributed by atoms with Crippen molar-refractivity contribution < 1.29 is 4.74 Å². The standard InChI is InChI=1S/C16H27N3OS/c1-3-17-14(15-18-7-8-19(15)2)13-4-9-20-16(12-13)5-10-21-11-6-16/h7-8,13-14,17H,3-6,9-12H2,1-2H3. The molecule has 3 rings (SSSR count). The lowest BCUT2D eigenvalue weighted by molar-refractivity contribution is -0.108. The topological polar surface area (TPSA) is 39.1 Å². The Hall–Kier alpha value is -0.520. The zero-order valence-electron chi connectivity index (χ0n) is 13.2. The van der Waals surface area contributed by atoms with E-state index >= 15 is 0 Å². The minimum atomic E-state index is 0.146. The van der Waals surface area contributed by atoms with Gasteiger partial charge in [-0.05, 0) is 49.7 Å². The average molecular weight is 309 g/mol. The Bertz CT molecular complexity index is 451. The SMILES string of the molecule is CCNC(c1nccn1C)C1CCOC2(CCSCC2)C1. The van der Waals surface area contributed by atoms with Crippen molar-refractivity contribution in [3.63, 3.8) is 0 Å². The maximum atomic E-state index is 6.24. The van der Waals surface area contributed by atoms with Crippen LogP contribution in [0.1, 0.15) is 44.5 Å². The summed E-state index contributed by atoms with van der Waals surface area (Å²) in [7, 11) is 2.10. The fourth-order valence-corrected chi connectivity index (χ4v) is 5.04. The van der Waals surface area contributed by atoms with Gasteiger partial charge < -0.3 is 14.6 Å². The van der Waals surface area contributed by atoms with E-state index in [0.717, 1.165) is 19.6 Å². The summed E-state index contributed by atoms with van der Waals surface area (Å²) in [6, 6.07) is 0.352. The highest BCUT2D eigenvalue weighted by atomic mass is 32.2. The van der Waals surface area contributed by atoms with Crippen LogP contribution in [0.4, 0.5) is 0 Å². The van der Waals surface area contributed by atoms with Gasteiger partial charge in [-0.15, -0.1) is 0 Å². The number of hydrogen-bond donors (Lipinski definition) is 1. The molecule has 0 aliphatic carbocycles. The average Bonchev–Trinajstić information content (AvgIpc) is 2.91. The molecule has 1 spiro atoms. The molecule has 2 aliphatic rings. The van der Waals surface area contributed by atoms with E-state index in [1.54, 1.807) is 0 Å². The minimum Gasteiger partial charge on any atom is -0.375 e. The van der Waals surface area contributed by atoms with Crippen LogP contribution in [0.15, 0.2) is 12.4 Å². The minimum absolute atomic E-state index is 0.146. The first kappa shape index (κ1) is 15.4. The fraction of sp³-hybridized carbons (Fsp3) is 0.812. The van der Waals surface area contributed by atoms with Crippen LogP contribution in [0.5, 0.6) is 0 Å². The van der Waals surface area contributed by atoms with E-state index in [1.165, 1.54) is 36.6 Å². The van der Waals surface area contributed by atoms with Crippen molar-refractivity contribution >= 4 is 11.8 Å². The van der Waals surface area contributed by atoms with Crippen LogP contribution in [0.2, 0.25) is 0 Å². The first-order chi connectivity index (χ1) is 10.2. The number of aromatic nitrogens is 2. The van der Waals surface area contributed by atoms with Crippen molar-refractivity contribution in [2.45, 2.75) is 44.2 Å². The largest absolute Gasteiger partial charge is 0.375 e. The van der Waals surface area contributed by atoms with E-state index in [9.17, 15) is 0 Å². The fourth-order valence-electron chi connectivity index (χ4n) is 3.81. The van der Waals surface area contributed by atoms with Gasteiger partial charge in [0.25, 0.3) is 0 Å². The Morgan fingerprint density at radius 3 is 3.00 bits per heavy atom. The first-order valence-corrected chi connectivity index (χ1v) is 9.32. The molecule has 2 fully saturated rings. The van der Waals surface area contributed by atoms with E-state index in [2.05, 4.69) is 40.6 Å². The Labute approximate surface area is 132 Å². The highest BCUT2D eigenvalue weighted by Gasteiger charge is 2.41. The molecule has 2 atom stereocenters. The van der Waals surface area contributed by atoms with Gasteiger partial charge >= 0.3 is 0 Å². The maximum Gasteiger partial charge on any atom is 0.125 e. The lowest BCUT2D eigenvalue weighted by Gasteiger charge is -2.45. The summed E-state index contributed by atoms with van der Waals surface area (Å²) < 4.78 is 8.40. The lowest BCUT2D eigenvalue weighted by Crippen LogP contribution is -2.46. The van der Waals surface area contributed by atoms with Crippen molar-refractivity contribution in [3.05, 3.63) is 18.2 Å². The predicted octanol–water partition coefficient (Wildman–Crippen LogP) is 2.76. The number of nitrogens with one attached hydrogen (secondary N) is 1. The lowest BCUT2D eigenvalue weighted by atomic mass is 9.78. The molecule has 4 nitrogen and oxygen atoms in total. The van der Waals surface area contributed by atoms with Gasteiger partial charge in [-0.2, -0.15) is 11.8 Å². The van der Waals surface area contributed by atoms with Gasteiger partial charge in [0.2, 0.25) is 0 Å². The number of hydrogen-bond acceptors (Lipinski definition) is 4. The number of nitrogens with zero attached hydrogens (tertiary/aromatic N) is 2. The molecule has 1 aromatic heterocycles. The molecule has 5 heteroatoms. The Morgan fingerprint density at radius 2 is 2.33 bits per heavy atom. The van der Waals surface area contributed by atoms with Gasteiger partial charge in [-0.1, -0.05) is 6.92 Å². The molecule has 1 aromatic rings. The van der Waals surface area contributed by atoms with E-state index in [4.69, 9.17) is 4.74 Å². The van der Waals surface area contributed by atoms with Crippen molar-refractivity contribution in [1.29, 1.82) is 0 Å². The van der Waals surface area contributed by atoms with Crippen molar-refractivity contribution in [2.75, 3.05) is 24.7 Å². The van der Waals surface area contributed by atoms with Gasteiger partial charge in [0.05, 0.1) is 11.6 Å². The molecule has 118 valence electrons. The molecule has 3 heterocycles. The molecule has 2 aliphatic heterocycles. The second-order valence-electron chi connectivity index (χ2n) is 6.33. The van der Waals surface area contributed by atoms with Crippen LogP contribution < -0.4 is 5.32 Å². The van der Waals surface area contributed by atoms with Gasteiger partial charge in [-0.25, -0.2) is 4.98 Å². The zero-order chi connectivity index (χ0) is 14.7. The number of rotatable bonds is 4. The quantitative estimate of drug-likeness (QED) is 0.928. The predicted molar refractivity (Wildman–Crippen MR) is 87.6 cm³/mol. The molecule has 2 saturated heterocycles. The Kier molecular flexibility index (Phi) is 4.92. The summed E-state index contributed by atoms with van der Waals surface area (Å²) in [5.41, 5.74) is 0.146. The second kappa shape index (κ2) is 6.71. The first-order valence-electron chi connectivity index (χ1n) is 8.16. The molecule has 21 heavy (non-hydrogen) atoms. The monoisotopic (exact) mass is 309 g/mol. The Morgan fingerprint density at radius 1 is 1.52 bits per heavy atom. The summed E-state index contributed by atoms with van der Waals surface area (Å²) in [6.45, 7) is 4.07. The van der Waals surface area contributed by atoms with E-state index in [-0.39, 0.29) is 5.60 Å². The summed E-state index contributed by atoms with van der Waals surface area (Å²) in [6.07, 6.45) is 8.71. The van der Waals surface area contributed by atoms with Gasteiger partial charge in [-0.3, -0.25) is 0 Å². The molecule has 0 aromatic carbocycles. The van der Waals surface area contributed by atoms with Crippen LogP contribution in [0.3, 0.4) is 0 Å². The van der Waals surface area contributed by atoms with Crippen molar-refractivity contribution in [2.24, 2.45) is 13.0 Å². The normalized spacial score (nSPS) is 26.9. The maximum absolute atomic E-state index is 6.24. The Balaban J connectivity index is 1.77. The zero-order valence-corrected chi connectivity index (χ0v) is 14.0. The summed E-state index contributed by atoms with van der Waals surface area (Å²) in [5.74, 6) is 4.30. The number of ether oxygens (including phenoxy) is 1. The number of aryl methyl sites for hydroxylation is 1. The van der Waals surface area contributed by atoms with Crippen LogP contribution in [0.25, 0.3) is 0 Å². The van der Waals surface area contributed by atoms with Crippen LogP contribution >= 0.6 is 11.8 Å². The second-order valence-corrected chi connectivity index (χ2v) is 7.55. The summed E-state index contributed by atoms with van der Waals surface area (Å²) in [5, 5.41) is 3.67. The molecule has 0 bridgehead atoms. The third-order valence-electron chi connectivity index (χ3n) is 4.97. The molecular weight excluding hydrogens is 282 g/mol. The third-order valence-corrected chi connectivity index (χ3v) is 5.95. The van der Waals surface area contributed by atoms with Crippen LogP contribution in [-0.2, 0) is 11.8 Å². The molecule has 2 unspecified atom stereocenters. The number of thioether (sulfide) groups is 1. The van der Waals surface area contributed by atoms with Crippen molar-refractivity contribution in [1.82, 2.24) is 14.9 Å². The number of imidazole rings is 1. The van der Waals surface area contributed by atoms with E-state index in [1.807, 2.05) is 12.4 Å². The van der Waals surface area contributed by atoms with Crippen molar-refractivity contribution in [3.8, 4) is 0 Å². The van der Waals surface area contributed by atoms with Crippen LogP contribution in [-0.4, -0.2) is 39.8 Å². The van der Waals surface area contributed by atoms with Gasteiger partial charge in [0.1, 0.15) is 5.82 Å². The molecule has 0 amide bonds. The van der Waals surface area contributed by atoms with E-state index in [0.29, 0.717) is 12.0 Å². The molecular formula is C16H27N3OS.